The summed E-state index contributed by atoms with van der Waals surface area (Å²) in [7, 11) is 0. The maximum Gasteiger partial charge on any atom is 0.408 e. The molecule has 65 heavy (non-hydrogen) atoms. The van der Waals surface area contributed by atoms with Gasteiger partial charge in [0.15, 0.2) is 0 Å². The molecule has 5 amide bonds. The Hall–Kier alpha value is -5.11. The van der Waals surface area contributed by atoms with Crippen molar-refractivity contribution in [2.75, 3.05) is 25.4 Å². The third-order valence-electron chi connectivity index (χ3n) is 8.90. The molecule has 0 fully saturated rings. The van der Waals surface area contributed by atoms with Crippen LogP contribution in [0.25, 0.3) is 10.9 Å². The minimum absolute atomic E-state index is 0.0987. The summed E-state index contributed by atoms with van der Waals surface area (Å²) in [5.74, 6) is -4.43. The van der Waals surface area contributed by atoms with Gasteiger partial charge in [-0.2, -0.15) is 0 Å². The van der Waals surface area contributed by atoms with E-state index in [1.54, 1.807) is 73.6 Å². The molecule has 2 aromatic carbocycles. The molecule has 0 aliphatic carbocycles. The number of esters is 1. The number of halogens is 3. The summed E-state index contributed by atoms with van der Waals surface area (Å²) in [6, 6.07) is 10.9. The molecule has 0 bridgehead atoms. The zero-order chi connectivity index (χ0) is 48.7. The lowest BCUT2D eigenvalue weighted by Crippen LogP contribution is -2.54. The van der Waals surface area contributed by atoms with Crippen molar-refractivity contribution < 1.29 is 57.6 Å². The van der Waals surface area contributed by atoms with Crippen LogP contribution in [0.5, 0.6) is 5.75 Å². The number of carbonyl (C=O) groups excluding carboxylic acids is 6. The predicted octanol–water partition coefficient (Wildman–Crippen LogP) is 5.93. The molecule has 4 atom stereocenters. The van der Waals surface area contributed by atoms with E-state index in [2.05, 4.69) is 31.6 Å². The lowest BCUT2D eigenvalue weighted by Gasteiger charge is -2.26. The van der Waals surface area contributed by atoms with Crippen LogP contribution < -0.4 is 31.3 Å². The average molecular weight is 988 g/mol. The number of benzene rings is 2. The van der Waals surface area contributed by atoms with Gasteiger partial charge in [-0.1, -0.05) is 85.4 Å². The van der Waals surface area contributed by atoms with E-state index in [9.17, 15) is 33.6 Å². The molecule has 3 rings (SSSR count). The number of rotatable bonds is 21. The number of alkyl carbamates (subject to hydrolysis) is 2. The number of alkyl halides is 3. The number of fused-ring (bicyclic) bond motifs is 1. The maximum atomic E-state index is 14.0. The normalized spacial score (nSPS) is 13.6. The van der Waals surface area contributed by atoms with E-state index in [1.165, 1.54) is 0 Å². The van der Waals surface area contributed by atoms with Crippen LogP contribution in [0.1, 0.15) is 72.9 Å². The SMILES string of the molecule is CC[C@H](C)[C@H](NC(=O)CNC(=O)[C@H](Cc1c(SC[C@H](NC(=O)OC(C)(C)C)C(=O)OC(C)(C)C)[nH]c2cc(OCc3ccccc3)ccc12)NC(=O)OCC(Cl)(Cl)Cl)C(=O)NCC(=O)O. The fraction of sp³-hybridized carbons (Fsp3) is 0.512. The van der Waals surface area contributed by atoms with Crippen molar-refractivity contribution in [3.63, 3.8) is 0 Å². The van der Waals surface area contributed by atoms with E-state index in [-0.39, 0.29) is 18.8 Å². The van der Waals surface area contributed by atoms with Crippen LogP contribution in [0.15, 0.2) is 53.6 Å². The fourth-order valence-corrected chi connectivity index (χ4v) is 7.02. The highest BCUT2D eigenvalue weighted by atomic mass is 35.6. The van der Waals surface area contributed by atoms with Crippen molar-refractivity contribution in [1.82, 2.24) is 31.6 Å². The molecule has 7 N–H and O–H groups in total. The monoisotopic (exact) mass is 986 g/mol. The minimum Gasteiger partial charge on any atom is -0.489 e. The molecular weight excluding hydrogens is 931 g/mol. The standard InChI is InChI=1S/C43H57Cl3N6O12S/c1-9-24(2)34(36(57)48-20-33(54)55)52-32(53)19-47-35(56)30(50-39(59)62-23-43(44,45)46)18-28-27-16-15-26(61-21-25-13-11-10-12-14-25)17-29(27)49-37(28)65-22-31(38(58)63-41(3,4)5)51-40(60)64-42(6,7)8/h10-17,24,30-31,34,49H,9,18-23H2,1-8H3,(H,47,56)(H,48,57)(H,50,59)(H,51,60)(H,52,53)(H,54,55)/t24-,30-,31-,34-/m0/s1. The minimum atomic E-state index is -1.99. The molecule has 0 saturated carbocycles. The Balaban J connectivity index is 2.03. The van der Waals surface area contributed by atoms with Crippen LogP contribution in [-0.2, 0) is 51.2 Å². The van der Waals surface area contributed by atoms with Crippen molar-refractivity contribution in [2.24, 2.45) is 5.92 Å². The number of amides is 5. The molecular formula is C43H57Cl3N6O12S. The van der Waals surface area contributed by atoms with Gasteiger partial charge in [-0.15, -0.1) is 11.8 Å². The van der Waals surface area contributed by atoms with Gasteiger partial charge in [0.1, 0.15) is 54.8 Å². The summed E-state index contributed by atoms with van der Waals surface area (Å²) in [5.41, 5.74) is 0.132. The van der Waals surface area contributed by atoms with E-state index in [1.807, 2.05) is 30.3 Å². The topological polar surface area (TPSA) is 253 Å². The van der Waals surface area contributed by atoms with Crippen LogP contribution >= 0.6 is 46.6 Å². The lowest BCUT2D eigenvalue weighted by molar-refractivity contribution is -0.156. The summed E-state index contributed by atoms with van der Waals surface area (Å²) < 4.78 is 20.2. The zero-order valence-electron chi connectivity index (χ0n) is 37.4. The van der Waals surface area contributed by atoms with Crippen molar-refractivity contribution in [1.29, 1.82) is 0 Å². The van der Waals surface area contributed by atoms with Crippen molar-refractivity contribution in [3.05, 3.63) is 59.7 Å². The molecule has 0 spiro atoms. The summed E-state index contributed by atoms with van der Waals surface area (Å²) in [6.45, 7) is 11.8. The van der Waals surface area contributed by atoms with Crippen LogP contribution in [0, 0.1) is 5.92 Å². The second-order valence-electron chi connectivity index (χ2n) is 16.8. The van der Waals surface area contributed by atoms with Gasteiger partial charge in [0, 0.05) is 23.6 Å². The molecule has 3 aromatic rings. The largest absolute Gasteiger partial charge is 0.489 e. The van der Waals surface area contributed by atoms with Crippen molar-refractivity contribution >= 4 is 99.3 Å². The average Bonchev–Trinajstić information content (AvgIpc) is 3.54. The van der Waals surface area contributed by atoms with Gasteiger partial charge < -0.3 is 55.6 Å². The van der Waals surface area contributed by atoms with Crippen LogP contribution in [0.4, 0.5) is 9.59 Å². The third kappa shape index (κ3) is 19.9. The molecule has 358 valence electrons. The number of aromatic amines is 1. The number of aliphatic carboxylic acids is 1. The van der Waals surface area contributed by atoms with Gasteiger partial charge in [-0.25, -0.2) is 14.4 Å². The smallest absolute Gasteiger partial charge is 0.408 e. The molecule has 0 aliphatic heterocycles. The number of thioether (sulfide) groups is 1. The number of carboxylic acid groups (broad SMARTS) is 1. The van der Waals surface area contributed by atoms with Crippen molar-refractivity contribution in [2.45, 2.75) is 113 Å². The number of nitrogens with one attached hydrogen (secondary N) is 6. The van der Waals surface area contributed by atoms with E-state index in [0.29, 0.717) is 33.7 Å². The molecule has 22 heteroatoms. The first-order valence-corrected chi connectivity index (χ1v) is 22.6. The lowest BCUT2D eigenvalue weighted by atomic mass is 9.98. The highest BCUT2D eigenvalue weighted by Crippen LogP contribution is 2.34. The number of H-pyrrole nitrogens is 1. The van der Waals surface area contributed by atoms with E-state index < -0.39 is 101 Å². The first kappa shape index (κ1) is 54.2. The van der Waals surface area contributed by atoms with Crippen LogP contribution in [0.3, 0.4) is 0 Å². The molecule has 0 radical (unpaired) electrons. The summed E-state index contributed by atoms with van der Waals surface area (Å²) in [4.78, 5) is 93.9. The number of hydrogen-bond acceptors (Lipinski definition) is 12. The van der Waals surface area contributed by atoms with Gasteiger partial charge >= 0.3 is 24.1 Å². The molecule has 0 saturated heterocycles. The van der Waals surface area contributed by atoms with Gasteiger partial charge in [0.2, 0.25) is 21.5 Å². The number of ether oxygens (including phenoxy) is 4. The Bertz CT molecular complexity index is 2140. The molecule has 1 aromatic heterocycles. The van der Waals surface area contributed by atoms with Crippen LogP contribution in [0.2, 0.25) is 0 Å². The Morgan fingerprint density at radius 1 is 0.800 bits per heavy atom. The third-order valence-corrected chi connectivity index (χ3v) is 10.4. The van der Waals surface area contributed by atoms with Gasteiger partial charge in [0.25, 0.3) is 0 Å². The molecule has 18 nitrogen and oxygen atoms in total. The number of carboxylic acids is 1. The molecule has 0 aliphatic rings. The van der Waals surface area contributed by atoms with E-state index in [4.69, 9.17) is 58.9 Å². The van der Waals surface area contributed by atoms with Gasteiger partial charge in [-0.05, 0) is 70.7 Å². The molecule has 0 unspecified atom stereocenters. The quantitative estimate of drug-likeness (QED) is 0.0283. The summed E-state index contributed by atoms with van der Waals surface area (Å²) in [6.07, 6.45) is -1.82. The Kier molecular flexibility index (Phi) is 20.4. The summed E-state index contributed by atoms with van der Waals surface area (Å²) in [5, 5.41) is 22.3. The highest BCUT2D eigenvalue weighted by molar-refractivity contribution is 7.99. The van der Waals surface area contributed by atoms with Gasteiger partial charge in [-0.3, -0.25) is 19.2 Å². The summed E-state index contributed by atoms with van der Waals surface area (Å²) >= 11 is 18.5. The van der Waals surface area contributed by atoms with Gasteiger partial charge in [0.05, 0.1) is 17.1 Å². The number of aromatic nitrogens is 1. The first-order valence-electron chi connectivity index (χ1n) is 20.5. The zero-order valence-corrected chi connectivity index (χ0v) is 40.4. The second-order valence-corrected chi connectivity index (χ2v) is 20.4. The van der Waals surface area contributed by atoms with Crippen molar-refractivity contribution in [3.8, 4) is 5.75 Å². The highest BCUT2D eigenvalue weighted by Gasteiger charge is 2.32. The van der Waals surface area contributed by atoms with Crippen LogP contribution in [-0.4, -0.2) is 111 Å². The maximum absolute atomic E-state index is 14.0. The Morgan fingerprint density at radius 3 is 2.03 bits per heavy atom. The number of carbonyl (C=O) groups is 7. The number of hydrogen-bond donors (Lipinski definition) is 7. The van der Waals surface area contributed by atoms with E-state index >= 15 is 0 Å². The first-order chi connectivity index (χ1) is 30.2. The molecule has 1 heterocycles. The Labute approximate surface area is 396 Å². The predicted molar refractivity (Wildman–Crippen MR) is 246 cm³/mol. The fourth-order valence-electron chi connectivity index (χ4n) is 5.76. The second kappa shape index (κ2) is 24.4. The van der Waals surface area contributed by atoms with E-state index in [0.717, 1.165) is 17.3 Å². The Morgan fingerprint density at radius 2 is 1.43 bits per heavy atom.